The lowest BCUT2D eigenvalue weighted by molar-refractivity contribution is -0.914. The van der Waals surface area contributed by atoms with Crippen LogP contribution in [0.4, 0.5) is 5.69 Å². The molecule has 0 aliphatic carbocycles. The molecule has 1 aliphatic rings. The first-order valence-electron chi connectivity index (χ1n) is 8.03. The fraction of sp³-hybridized carbons (Fsp3) is 0.368. The van der Waals surface area contributed by atoms with Gasteiger partial charge in [0.2, 0.25) is 0 Å². The van der Waals surface area contributed by atoms with Crippen LogP contribution in [0.15, 0.2) is 48.5 Å². The largest absolute Gasteiger partial charge is 0.497 e. The van der Waals surface area contributed by atoms with Gasteiger partial charge in [0, 0.05) is 11.3 Å². The Labute approximate surface area is 133 Å². The molecule has 2 aromatic rings. The predicted octanol–water partition coefficient (Wildman–Crippen LogP) is 1.91. The van der Waals surface area contributed by atoms with Gasteiger partial charge in [0.15, 0.2) is 0 Å². The Hall–Kier alpha value is -2.00. The average molecular weight is 297 g/mol. The van der Waals surface area contributed by atoms with Crippen LogP contribution in [-0.2, 0) is 6.54 Å². The van der Waals surface area contributed by atoms with Crippen molar-refractivity contribution in [3.63, 3.8) is 0 Å². The number of methoxy groups -OCH3 is 1. The van der Waals surface area contributed by atoms with Gasteiger partial charge in [0.05, 0.1) is 33.3 Å². The van der Waals surface area contributed by atoms with Gasteiger partial charge in [-0.1, -0.05) is 29.8 Å². The highest BCUT2D eigenvalue weighted by atomic mass is 16.5. The molecule has 22 heavy (non-hydrogen) atoms. The van der Waals surface area contributed by atoms with Crippen LogP contribution in [0.25, 0.3) is 0 Å². The van der Waals surface area contributed by atoms with E-state index in [9.17, 15) is 0 Å². The quantitative estimate of drug-likeness (QED) is 0.928. The molecule has 0 amide bonds. The van der Waals surface area contributed by atoms with Gasteiger partial charge in [0.25, 0.3) is 0 Å². The number of anilines is 1. The molecule has 0 unspecified atom stereocenters. The minimum atomic E-state index is 0.924. The van der Waals surface area contributed by atoms with Gasteiger partial charge >= 0.3 is 0 Å². The molecule has 0 bridgehead atoms. The van der Waals surface area contributed by atoms with E-state index < -0.39 is 0 Å². The molecule has 116 valence electrons. The summed E-state index contributed by atoms with van der Waals surface area (Å²) in [6, 6.07) is 17.3. The summed E-state index contributed by atoms with van der Waals surface area (Å²) in [5, 5.41) is 0. The van der Waals surface area contributed by atoms with Crippen molar-refractivity contribution in [2.75, 3.05) is 38.2 Å². The molecule has 0 saturated carbocycles. The number of ether oxygens (including phenoxy) is 1. The molecule has 2 aromatic carbocycles. The van der Waals surface area contributed by atoms with Crippen LogP contribution in [0.3, 0.4) is 0 Å². The minimum Gasteiger partial charge on any atom is -0.497 e. The van der Waals surface area contributed by atoms with Crippen molar-refractivity contribution in [2.45, 2.75) is 13.5 Å². The van der Waals surface area contributed by atoms with Crippen LogP contribution in [0, 0.1) is 6.92 Å². The van der Waals surface area contributed by atoms with Gasteiger partial charge in [0.1, 0.15) is 12.3 Å². The zero-order chi connectivity index (χ0) is 15.4. The first kappa shape index (κ1) is 14.9. The maximum Gasteiger partial charge on any atom is 0.119 e. The normalized spacial score (nSPS) is 15.8. The van der Waals surface area contributed by atoms with E-state index >= 15 is 0 Å². The van der Waals surface area contributed by atoms with E-state index in [0.29, 0.717) is 0 Å². The lowest BCUT2D eigenvalue weighted by Crippen LogP contribution is -3.13. The molecule has 1 saturated heterocycles. The molecule has 3 heteroatoms. The SMILES string of the molecule is COc1ccc(N2CC[NH+](Cc3ccc(C)cc3)CC2)cc1. The van der Waals surface area contributed by atoms with Crippen LogP contribution in [0.2, 0.25) is 0 Å². The number of hydrogen-bond acceptors (Lipinski definition) is 2. The molecule has 3 rings (SSSR count). The summed E-state index contributed by atoms with van der Waals surface area (Å²) in [4.78, 5) is 4.14. The number of piperazine rings is 1. The summed E-state index contributed by atoms with van der Waals surface area (Å²) in [7, 11) is 1.71. The van der Waals surface area contributed by atoms with Crippen molar-refractivity contribution in [1.29, 1.82) is 0 Å². The molecular weight excluding hydrogens is 272 g/mol. The molecule has 3 nitrogen and oxygen atoms in total. The summed E-state index contributed by atoms with van der Waals surface area (Å²) < 4.78 is 5.23. The maximum absolute atomic E-state index is 5.23. The van der Waals surface area contributed by atoms with Crippen molar-refractivity contribution in [1.82, 2.24) is 0 Å². The number of nitrogens with one attached hydrogen (secondary N) is 1. The third kappa shape index (κ3) is 3.60. The average Bonchev–Trinajstić information content (AvgIpc) is 2.58. The fourth-order valence-electron chi connectivity index (χ4n) is 3.05. The molecule has 1 fully saturated rings. The lowest BCUT2D eigenvalue weighted by Gasteiger charge is -2.33. The summed E-state index contributed by atoms with van der Waals surface area (Å²) in [5.74, 6) is 0.924. The smallest absolute Gasteiger partial charge is 0.119 e. The van der Waals surface area contributed by atoms with E-state index in [2.05, 4.69) is 48.2 Å². The zero-order valence-electron chi connectivity index (χ0n) is 13.5. The second-order valence-corrected chi connectivity index (χ2v) is 6.10. The second kappa shape index (κ2) is 6.84. The minimum absolute atomic E-state index is 0.924. The van der Waals surface area contributed by atoms with Gasteiger partial charge in [-0.2, -0.15) is 0 Å². The topological polar surface area (TPSA) is 16.9 Å². The predicted molar refractivity (Wildman–Crippen MR) is 90.8 cm³/mol. The van der Waals surface area contributed by atoms with Gasteiger partial charge in [-0.15, -0.1) is 0 Å². The van der Waals surface area contributed by atoms with E-state index in [1.54, 1.807) is 12.0 Å². The van der Waals surface area contributed by atoms with Gasteiger partial charge < -0.3 is 14.5 Å². The van der Waals surface area contributed by atoms with Crippen LogP contribution < -0.4 is 14.5 Å². The van der Waals surface area contributed by atoms with Gasteiger partial charge in [-0.3, -0.25) is 0 Å². The molecule has 1 aliphatic heterocycles. The first-order valence-corrected chi connectivity index (χ1v) is 8.03. The molecule has 1 heterocycles. The van der Waals surface area contributed by atoms with E-state index in [-0.39, 0.29) is 0 Å². The Morgan fingerprint density at radius 2 is 1.59 bits per heavy atom. The summed E-state index contributed by atoms with van der Waals surface area (Å²) in [5.41, 5.74) is 4.08. The summed E-state index contributed by atoms with van der Waals surface area (Å²) in [6.07, 6.45) is 0. The second-order valence-electron chi connectivity index (χ2n) is 6.10. The molecule has 0 spiro atoms. The molecule has 0 radical (unpaired) electrons. The van der Waals surface area contributed by atoms with E-state index in [4.69, 9.17) is 4.74 Å². The monoisotopic (exact) mass is 297 g/mol. The summed E-state index contributed by atoms with van der Waals surface area (Å²) in [6.45, 7) is 7.90. The third-order valence-electron chi connectivity index (χ3n) is 4.48. The van der Waals surface area contributed by atoms with Crippen LogP contribution >= 0.6 is 0 Å². The fourth-order valence-corrected chi connectivity index (χ4v) is 3.05. The highest BCUT2D eigenvalue weighted by molar-refractivity contribution is 5.49. The molecule has 0 aromatic heterocycles. The van der Waals surface area contributed by atoms with Crippen LogP contribution in [0.5, 0.6) is 5.75 Å². The number of quaternary nitrogens is 1. The van der Waals surface area contributed by atoms with Crippen molar-refractivity contribution in [3.05, 3.63) is 59.7 Å². The number of nitrogens with zero attached hydrogens (tertiary/aromatic N) is 1. The first-order chi connectivity index (χ1) is 10.7. The summed E-state index contributed by atoms with van der Waals surface area (Å²) >= 11 is 0. The standard InChI is InChI=1S/C19H24N2O/c1-16-3-5-17(6-4-16)15-20-11-13-21(14-12-20)18-7-9-19(22-2)10-8-18/h3-10H,11-15H2,1-2H3/p+1. The number of aryl methyl sites for hydroxylation is 1. The van der Waals surface area contributed by atoms with Gasteiger partial charge in [-0.05, 0) is 31.2 Å². The van der Waals surface area contributed by atoms with E-state index in [0.717, 1.165) is 25.4 Å². The highest BCUT2D eigenvalue weighted by Crippen LogP contribution is 2.19. The number of rotatable bonds is 4. The highest BCUT2D eigenvalue weighted by Gasteiger charge is 2.20. The maximum atomic E-state index is 5.23. The Morgan fingerprint density at radius 1 is 0.955 bits per heavy atom. The van der Waals surface area contributed by atoms with Gasteiger partial charge in [-0.25, -0.2) is 0 Å². The van der Waals surface area contributed by atoms with E-state index in [1.807, 2.05) is 12.1 Å². The molecule has 1 N–H and O–H groups in total. The van der Waals surface area contributed by atoms with Crippen LogP contribution in [-0.4, -0.2) is 33.3 Å². The molecule has 0 atom stereocenters. The van der Waals surface area contributed by atoms with E-state index in [1.165, 1.54) is 29.9 Å². The number of benzene rings is 2. The lowest BCUT2D eigenvalue weighted by atomic mass is 10.1. The molecular formula is C19H25N2O+. The van der Waals surface area contributed by atoms with Crippen LogP contribution in [0.1, 0.15) is 11.1 Å². The Morgan fingerprint density at radius 3 is 2.18 bits per heavy atom. The Kier molecular flexibility index (Phi) is 4.64. The third-order valence-corrected chi connectivity index (χ3v) is 4.48. The number of hydrogen-bond donors (Lipinski definition) is 1. The van der Waals surface area contributed by atoms with Crippen molar-refractivity contribution >= 4 is 5.69 Å². The van der Waals surface area contributed by atoms with Crippen molar-refractivity contribution in [2.24, 2.45) is 0 Å². The Bertz CT molecular complexity index is 584. The van der Waals surface area contributed by atoms with Crippen molar-refractivity contribution < 1.29 is 9.64 Å². The zero-order valence-corrected chi connectivity index (χ0v) is 13.5. The Balaban J connectivity index is 1.54. The van der Waals surface area contributed by atoms with Crippen molar-refractivity contribution in [3.8, 4) is 5.75 Å².